The Morgan fingerprint density at radius 1 is 1.12 bits per heavy atom. The first-order chi connectivity index (χ1) is 15.2. The van der Waals surface area contributed by atoms with Crippen LogP contribution in [0.25, 0.3) is 0 Å². The Bertz CT molecular complexity index is 850. The molecule has 0 aromatic carbocycles. The highest BCUT2D eigenvalue weighted by Gasteiger charge is 2.53. The van der Waals surface area contributed by atoms with Crippen molar-refractivity contribution in [3.8, 4) is 0 Å². The minimum atomic E-state index is -0.819. The lowest BCUT2D eigenvalue weighted by atomic mass is 9.67. The predicted molar refractivity (Wildman–Crippen MR) is 120 cm³/mol. The van der Waals surface area contributed by atoms with E-state index in [2.05, 4.69) is 36.0 Å². The molecule has 0 radical (unpaired) electrons. The summed E-state index contributed by atoms with van der Waals surface area (Å²) >= 11 is 0. The molecule has 1 aromatic heterocycles. The number of imide groups is 1. The Labute approximate surface area is 190 Å². The van der Waals surface area contributed by atoms with E-state index in [0.29, 0.717) is 31.8 Å². The lowest BCUT2D eigenvalue weighted by Crippen LogP contribution is -2.53. The molecule has 0 atom stereocenters. The molecular weight excluding hydrogens is 406 g/mol. The van der Waals surface area contributed by atoms with Gasteiger partial charge in [-0.05, 0) is 49.1 Å². The number of carbonyl (C=O) groups is 3. The number of amides is 4. The van der Waals surface area contributed by atoms with Gasteiger partial charge < -0.3 is 10.2 Å². The Morgan fingerprint density at radius 3 is 2.41 bits per heavy atom. The van der Waals surface area contributed by atoms with Crippen molar-refractivity contribution in [1.82, 2.24) is 25.0 Å². The second-order valence-electron chi connectivity index (χ2n) is 10.5. The highest BCUT2D eigenvalue weighted by atomic mass is 16.2. The fraction of sp³-hybridized carbons (Fsp3) is 0.667. The molecular formula is C24H35N5O3. The molecule has 0 unspecified atom stereocenters. The van der Waals surface area contributed by atoms with E-state index in [-0.39, 0.29) is 23.8 Å². The summed E-state index contributed by atoms with van der Waals surface area (Å²) in [5.74, 6) is 0.152. The first-order valence-corrected chi connectivity index (χ1v) is 11.7. The number of urea groups is 1. The van der Waals surface area contributed by atoms with Crippen LogP contribution >= 0.6 is 0 Å². The van der Waals surface area contributed by atoms with E-state index in [9.17, 15) is 14.4 Å². The molecule has 0 bridgehead atoms. The third-order valence-corrected chi connectivity index (χ3v) is 7.44. The van der Waals surface area contributed by atoms with Crippen molar-refractivity contribution in [2.45, 2.75) is 58.5 Å². The number of pyridine rings is 1. The van der Waals surface area contributed by atoms with Gasteiger partial charge in [-0.2, -0.15) is 0 Å². The Morgan fingerprint density at radius 2 is 1.81 bits per heavy atom. The van der Waals surface area contributed by atoms with Gasteiger partial charge in [0.15, 0.2) is 0 Å². The molecule has 174 valence electrons. The monoisotopic (exact) mass is 441 g/mol. The van der Waals surface area contributed by atoms with Crippen molar-refractivity contribution >= 4 is 17.8 Å². The van der Waals surface area contributed by atoms with E-state index in [0.717, 1.165) is 43.1 Å². The molecule has 4 amide bonds. The van der Waals surface area contributed by atoms with E-state index in [1.165, 1.54) is 0 Å². The summed E-state index contributed by atoms with van der Waals surface area (Å²) in [5, 5.41) is 2.94. The van der Waals surface area contributed by atoms with Crippen LogP contribution in [0, 0.1) is 11.3 Å². The largest absolute Gasteiger partial charge is 0.339 e. The van der Waals surface area contributed by atoms with E-state index < -0.39 is 11.6 Å². The molecule has 4 rings (SSSR count). The van der Waals surface area contributed by atoms with Gasteiger partial charge >= 0.3 is 6.03 Å². The Hall–Kier alpha value is -2.48. The number of carbonyl (C=O) groups excluding carboxylic acids is 3. The fourth-order valence-corrected chi connectivity index (χ4v) is 5.25. The van der Waals surface area contributed by atoms with Gasteiger partial charge in [-0.3, -0.25) is 24.4 Å². The zero-order chi connectivity index (χ0) is 22.9. The lowest BCUT2D eigenvalue weighted by molar-refractivity contribution is -0.140. The quantitative estimate of drug-likeness (QED) is 0.725. The minimum absolute atomic E-state index is 0.161. The van der Waals surface area contributed by atoms with E-state index in [1.54, 1.807) is 11.1 Å². The van der Waals surface area contributed by atoms with Gasteiger partial charge in [0.05, 0.1) is 5.69 Å². The van der Waals surface area contributed by atoms with Crippen LogP contribution in [0.5, 0.6) is 0 Å². The summed E-state index contributed by atoms with van der Waals surface area (Å²) in [6, 6.07) is 5.45. The molecule has 3 fully saturated rings. The maximum absolute atomic E-state index is 13.2. The zero-order valence-corrected chi connectivity index (χ0v) is 19.5. The third-order valence-electron chi connectivity index (χ3n) is 7.44. The van der Waals surface area contributed by atoms with Gasteiger partial charge in [0.1, 0.15) is 12.1 Å². The van der Waals surface area contributed by atoms with Gasteiger partial charge in [0.25, 0.3) is 5.91 Å². The number of hydrogen-bond donors (Lipinski definition) is 1. The Balaban J connectivity index is 1.29. The summed E-state index contributed by atoms with van der Waals surface area (Å²) in [4.78, 5) is 48.2. The number of nitrogens with zero attached hydrogens (tertiary/aromatic N) is 4. The van der Waals surface area contributed by atoms with E-state index >= 15 is 0 Å². The number of aromatic nitrogens is 1. The first-order valence-electron chi connectivity index (χ1n) is 11.7. The van der Waals surface area contributed by atoms with Crippen LogP contribution < -0.4 is 5.32 Å². The smallest absolute Gasteiger partial charge is 0.325 e. The summed E-state index contributed by atoms with van der Waals surface area (Å²) in [5.41, 5.74) is 0.389. The molecule has 1 spiro atoms. The van der Waals surface area contributed by atoms with Crippen LogP contribution in [0.1, 0.15) is 52.1 Å². The number of hydrogen-bond acceptors (Lipinski definition) is 5. The second-order valence-corrected chi connectivity index (χ2v) is 10.5. The summed E-state index contributed by atoms with van der Waals surface area (Å²) in [7, 11) is 0. The fourth-order valence-electron chi connectivity index (χ4n) is 5.25. The average Bonchev–Trinajstić information content (AvgIpc) is 2.98. The maximum Gasteiger partial charge on any atom is 0.325 e. The van der Waals surface area contributed by atoms with Crippen molar-refractivity contribution < 1.29 is 14.4 Å². The van der Waals surface area contributed by atoms with Gasteiger partial charge in [0.2, 0.25) is 5.91 Å². The van der Waals surface area contributed by atoms with Crippen molar-refractivity contribution in [3.05, 3.63) is 30.1 Å². The summed E-state index contributed by atoms with van der Waals surface area (Å²) < 4.78 is 0. The number of piperazine rings is 1. The average molecular weight is 442 g/mol. The molecule has 1 aromatic rings. The second kappa shape index (κ2) is 8.81. The predicted octanol–water partition coefficient (Wildman–Crippen LogP) is 2.25. The van der Waals surface area contributed by atoms with Crippen LogP contribution in [0.3, 0.4) is 0 Å². The summed E-state index contributed by atoms with van der Waals surface area (Å²) in [6.45, 7) is 9.95. The van der Waals surface area contributed by atoms with Crippen LogP contribution in [0.15, 0.2) is 24.4 Å². The first kappa shape index (κ1) is 22.7. The van der Waals surface area contributed by atoms with E-state index in [4.69, 9.17) is 0 Å². The molecule has 8 nitrogen and oxygen atoms in total. The molecule has 3 heterocycles. The third kappa shape index (κ3) is 4.65. The van der Waals surface area contributed by atoms with E-state index in [1.807, 2.05) is 18.2 Å². The molecule has 2 saturated heterocycles. The zero-order valence-electron chi connectivity index (χ0n) is 19.5. The van der Waals surface area contributed by atoms with Crippen LogP contribution in [-0.4, -0.2) is 75.8 Å². The number of nitrogens with one attached hydrogen (secondary N) is 1. The summed E-state index contributed by atoms with van der Waals surface area (Å²) in [6.07, 6.45) is 4.91. The molecule has 1 saturated carbocycles. The highest BCUT2D eigenvalue weighted by Crippen LogP contribution is 2.43. The van der Waals surface area contributed by atoms with Crippen LogP contribution in [0.4, 0.5) is 4.79 Å². The topological polar surface area (TPSA) is 85.8 Å². The SMILES string of the molecule is CC(C)(C)C1CCC2(CC1)NC(=O)N(CC(=O)N1CCN(Cc3ccccn3)CC1)C2=O. The van der Waals surface area contributed by atoms with Crippen LogP contribution in [-0.2, 0) is 16.1 Å². The van der Waals surface area contributed by atoms with Gasteiger partial charge in [-0.15, -0.1) is 0 Å². The van der Waals surface area contributed by atoms with Gasteiger partial charge in [-0.1, -0.05) is 26.8 Å². The lowest BCUT2D eigenvalue weighted by Gasteiger charge is -2.40. The molecule has 8 heteroatoms. The van der Waals surface area contributed by atoms with Crippen molar-refractivity contribution in [2.75, 3.05) is 32.7 Å². The van der Waals surface area contributed by atoms with Gasteiger partial charge in [-0.25, -0.2) is 4.79 Å². The standard InChI is InChI=1S/C24H35N5O3/c1-23(2,3)18-7-9-24(10-8-18)21(31)29(22(32)26-24)17-20(30)28-14-12-27(13-15-28)16-19-6-4-5-11-25-19/h4-6,11,18H,7-10,12-17H2,1-3H3,(H,26,32). The van der Waals surface area contributed by atoms with Gasteiger partial charge in [0, 0.05) is 38.9 Å². The van der Waals surface area contributed by atoms with Crippen molar-refractivity contribution in [3.63, 3.8) is 0 Å². The number of rotatable bonds is 4. The molecule has 1 aliphatic carbocycles. The maximum atomic E-state index is 13.2. The normalized spacial score (nSPS) is 27.2. The highest BCUT2D eigenvalue weighted by molar-refractivity contribution is 6.09. The Kier molecular flexibility index (Phi) is 6.25. The molecule has 3 aliphatic rings. The van der Waals surface area contributed by atoms with Crippen LogP contribution in [0.2, 0.25) is 0 Å². The molecule has 32 heavy (non-hydrogen) atoms. The van der Waals surface area contributed by atoms with Crippen molar-refractivity contribution in [2.24, 2.45) is 11.3 Å². The minimum Gasteiger partial charge on any atom is -0.339 e. The molecule has 1 N–H and O–H groups in total. The van der Waals surface area contributed by atoms with Crippen molar-refractivity contribution in [1.29, 1.82) is 0 Å². The molecule has 2 aliphatic heterocycles.